The number of nitrogens with two attached hydrogens (primary N) is 1. The number of rotatable bonds is 5. The Morgan fingerprint density at radius 3 is 2.89 bits per heavy atom. The molecule has 0 radical (unpaired) electrons. The van der Waals surface area contributed by atoms with Crippen LogP contribution in [0.1, 0.15) is 5.69 Å². The molecule has 5 nitrogen and oxygen atoms in total. The molecule has 2 aromatic rings. The van der Waals surface area contributed by atoms with E-state index < -0.39 is 0 Å². The van der Waals surface area contributed by atoms with E-state index in [1.54, 1.807) is 11.8 Å². The number of nitrogen functional groups attached to an aromatic ring is 1. The van der Waals surface area contributed by atoms with Gasteiger partial charge in [0.05, 0.1) is 24.2 Å². The predicted molar refractivity (Wildman–Crippen MR) is 72.8 cm³/mol. The predicted octanol–water partition coefficient (Wildman–Crippen LogP) is 1.67. The van der Waals surface area contributed by atoms with Crippen LogP contribution < -0.4 is 15.8 Å². The highest BCUT2D eigenvalue weighted by Gasteiger charge is 2.02. The highest BCUT2D eigenvalue weighted by Crippen LogP contribution is 2.24. The molecule has 0 atom stereocenters. The molecule has 0 saturated carbocycles. The second-order valence-corrected chi connectivity index (χ2v) is 4.11. The lowest BCUT2D eigenvalue weighted by Crippen LogP contribution is -2.07. The van der Waals surface area contributed by atoms with Crippen molar-refractivity contribution in [2.75, 3.05) is 24.7 Å². The van der Waals surface area contributed by atoms with Gasteiger partial charge in [-0.2, -0.15) is 5.10 Å². The maximum absolute atomic E-state index is 5.89. The van der Waals surface area contributed by atoms with E-state index in [0.29, 0.717) is 0 Å². The molecule has 0 bridgehead atoms. The minimum atomic E-state index is 0.719. The number of hydrogen-bond acceptors (Lipinski definition) is 4. The van der Waals surface area contributed by atoms with E-state index in [9.17, 15) is 0 Å². The lowest BCUT2D eigenvalue weighted by molar-refractivity contribution is 0.415. The van der Waals surface area contributed by atoms with Crippen molar-refractivity contribution < 1.29 is 4.74 Å². The highest BCUT2D eigenvalue weighted by molar-refractivity contribution is 5.68. The number of ether oxygens (including phenoxy) is 1. The first kappa shape index (κ1) is 12.3. The van der Waals surface area contributed by atoms with Crippen LogP contribution in [0.25, 0.3) is 0 Å². The van der Waals surface area contributed by atoms with Gasteiger partial charge in [0.25, 0.3) is 0 Å². The van der Waals surface area contributed by atoms with Gasteiger partial charge >= 0.3 is 0 Å². The normalized spacial score (nSPS) is 10.3. The Bertz CT molecular complexity index is 521. The second-order valence-electron chi connectivity index (χ2n) is 4.11. The van der Waals surface area contributed by atoms with Crippen molar-refractivity contribution in [3.8, 4) is 5.75 Å². The molecular formula is C13H18N4O. The van der Waals surface area contributed by atoms with Crippen molar-refractivity contribution >= 4 is 11.4 Å². The van der Waals surface area contributed by atoms with Gasteiger partial charge in [-0.05, 0) is 18.2 Å². The van der Waals surface area contributed by atoms with Crippen molar-refractivity contribution in [2.24, 2.45) is 7.05 Å². The number of hydrogen-bond donors (Lipinski definition) is 2. The van der Waals surface area contributed by atoms with Gasteiger partial charge < -0.3 is 15.8 Å². The summed E-state index contributed by atoms with van der Waals surface area (Å²) in [5.74, 6) is 0.796. The number of anilines is 2. The Morgan fingerprint density at radius 1 is 1.39 bits per heavy atom. The monoisotopic (exact) mass is 246 g/mol. The smallest absolute Gasteiger partial charge is 0.121 e. The van der Waals surface area contributed by atoms with Crippen molar-refractivity contribution in [3.05, 3.63) is 36.2 Å². The number of methoxy groups -OCH3 is 1. The molecule has 0 spiro atoms. The zero-order valence-electron chi connectivity index (χ0n) is 10.7. The fourth-order valence-electron chi connectivity index (χ4n) is 1.74. The first-order valence-corrected chi connectivity index (χ1v) is 5.85. The minimum absolute atomic E-state index is 0.719. The zero-order chi connectivity index (χ0) is 13.0. The number of aromatic nitrogens is 2. The van der Waals surface area contributed by atoms with Gasteiger partial charge in [-0.25, -0.2) is 0 Å². The van der Waals surface area contributed by atoms with E-state index in [2.05, 4.69) is 10.4 Å². The van der Waals surface area contributed by atoms with Crippen LogP contribution in [0.3, 0.4) is 0 Å². The summed E-state index contributed by atoms with van der Waals surface area (Å²) in [6, 6.07) is 7.59. The number of aryl methyl sites for hydroxylation is 1. The molecule has 5 heteroatoms. The van der Waals surface area contributed by atoms with Gasteiger partial charge in [0, 0.05) is 32.3 Å². The average molecular weight is 246 g/mol. The lowest BCUT2D eigenvalue weighted by Gasteiger charge is -2.10. The quantitative estimate of drug-likeness (QED) is 0.788. The van der Waals surface area contributed by atoms with Gasteiger partial charge in [-0.15, -0.1) is 0 Å². The molecule has 1 heterocycles. The van der Waals surface area contributed by atoms with E-state index in [0.717, 1.165) is 35.8 Å². The molecule has 2 rings (SSSR count). The van der Waals surface area contributed by atoms with Crippen LogP contribution in [0.2, 0.25) is 0 Å². The molecule has 0 aliphatic carbocycles. The Hall–Kier alpha value is -2.17. The largest absolute Gasteiger partial charge is 0.497 e. The molecular weight excluding hydrogens is 228 g/mol. The summed E-state index contributed by atoms with van der Waals surface area (Å²) in [6.07, 6.45) is 2.80. The van der Waals surface area contributed by atoms with Gasteiger partial charge in [0.15, 0.2) is 0 Å². The second kappa shape index (κ2) is 5.44. The van der Waals surface area contributed by atoms with Crippen LogP contribution in [-0.2, 0) is 13.5 Å². The first-order chi connectivity index (χ1) is 8.69. The highest BCUT2D eigenvalue weighted by atomic mass is 16.5. The van der Waals surface area contributed by atoms with Crippen LogP contribution in [0.15, 0.2) is 30.5 Å². The lowest BCUT2D eigenvalue weighted by atomic mass is 10.2. The SMILES string of the molecule is COc1ccc(N)c(NCCc2ccn(C)n2)c1. The Kier molecular flexibility index (Phi) is 3.72. The van der Waals surface area contributed by atoms with E-state index in [-0.39, 0.29) is 0 Å². The van der Waals surface area contributed by atoms with Crippen LogP contribution >= 0.6 is 0 Å². The Balaban J connectivity index is 1.93. The van der Waals surface area contributed by atoms with Crippen molar-refractivity contribution in [1.82, 2.24) is 9.78 Å². The van der Waals surface area contributed by atoms with Crippen LogP contribution in [0.5, 0.6) is 5.75 Å². The molecule has 96 valence electrons. The van der Waals surface area contributed by atoms with Gasteiger partial charge in [0.2, 0.25) is 0 Å². The van der Waals surface area contributed by atoms with Crippen LogP contribution in [-0.4, -0.2) is 23.4 Å². The topological polar surface area (TPSA) is 65.1 Å². The maximum atomic E-state index is 5.89. The molecule has 0 aliphatic heterocycles. The number of nitrogens with one attached hydrogen (secondary N) is 1. The molecule has 0 unspecified atom stereocenters. The summed E-state index contributed by atoms with van der Waals surface area (Å²) >= 11 is 0. The molecule has 0 amide bonds. The molecule has 0 aliphatic rings. The molecule has 0 saturated heterocycles. The summed E-state index contributed by atoms with van der Waals surface area (Å²) in [4.78, 5) is 0. The molecule has 18 heavy (non-hydrogen) atoms. The fourth-order valence-corrected chi connectivity index (χ4v) is 1.74. The van der Waals surface area contributed by atoms with Crippen molar-refractivity contribution in [1.29, 1.82) is 0 Å². The van der Waals surface area contributed by atoms with Crippen molar-refractivity contribution in [3.63, 3.8) is 0 Å². The third-order valence-electron chi connectivity index (χ3n) is 2.73. The maximum Gasteiger partial charge on any atom is 0.121 e. The third kappa shape index (κ3) is 2.94. The number of nitrogens with zero attached hydrogens (tertiary/aromatic N) is 2. The van der Waals surface area contributed by atoms with E-state index in [1.165, 1.54) is 0 Å². The Morgan fingerprint density at radius 2 is 2.22 bits per heavy atom. The molecule has 1 aromatic heterocycles. The number of benzene rings is 1. The van der Waals surface area contributed by atoms with E-state index in [4.69, 9.17) is 10.5 Å². The molecule has 1 aromatic carbocycles. The summed E-state index contributed by atoms with van der Waals surface area (Å²) in [7, 11) is 3.56. The zero-order valence-corrected chi connectivity index (χ0v) is 10.7. The van der Waals surface area contributed by atoms with Gasteiger partial charge in [0.1, 0.15) is 5.75 Å². The summed E-state index contributed by atoms with van der Waals surface area (Å²) in [5.41, 5.74) is 8.56. The summed E-state index contributed by atoms with van der Waals surface area (Å²) in [6.45, 7) is 0.786. The fraction of sp³-hybridized carbons (Fsp3) is 0.308. The minimum Gasteiger partial charge on any atom is -0.497 e. The van der Waals surface area contributed by atoms with Gasteiger partial charge in [-0.3, -0.25) is 4.68 Å². The Labute approximate surface area is 107 Å². The van der Waals surface area contributed by atoms with Gasteiger partial charge in [-0.1, -0.05) is 0 Å². The van der Waals surface area contributed by atoms with E-state index >= 15 is 0 Å². The third-order valence-corrected chi connectivity index (χ3v) is 2.73. The summed E-state index contributed by atoms with van der Waals surface area (Å²) < 4.78 is 6.97. The summed E-state index contributed by atoms with van der Waals surface area (Å²) in [5, 5.41) is 7.61. The van der Waals surface area contributed by atoms with E-state index in [1.807, 2.05) is 37.5 Å². The van der Waals surface area contributed by atoms with Crippen LogP contribution in [0, 0.1) is 0 Å². The molecule has 3 N–H and O–H groups in total. The van der Waals surface area contributed by atoms with Crippen LogP contribution in [0.4, 0.5) is 11.4 Å². The first-order valence-electron chi connectivity index (χ1n) is 5.85. The molecule has 0 fully saturated rings. The average Bonchev–Trinajstić information content (AvgIpc) is 2.77. The van der Waals surface area contributed by atoms with Crippen molar-refractivity contribution in [2.45, 2.75) is 6.42 Å². The standard InChI is InChI=1S/C13H18N4O/c1-17-8-6-10(16-17)5-7-15-13-9-11(18-2)3-4-12(13)14/h3-4,6,8-9,15H,5,7,14H2,1-2H3.